The monoisotopic (exact) mass is 297 g/mol. The smallest absolute Gasteiger partial charge is 0.254 e. The summed E-state index contributed by atoms with van der Waals surface area (Å²) in [6, 6.07) is 1.90. The Hall–Kier alpha value is -1.69. The highest BCUT2D eigenvalue weighted by atomic mass is 19.1. The van der Waals surface area contributed by atoms with Crippen LogP contribution in [0.25, 0.3) is 0 Å². The van der Waals surface area contributed by atoms with Crippen LogP contribution >= 0.6 is 0 Å². The molecule has 1 heterocycles. The van der Waals surface area contributed by atoms with Crippen molar-refractivity contribution in [3.8, 4) is 0 Å². The van der Waals surface area contributed by atoms with E-state index in [1.807, 2.05) is 6.92 Å². The van der Waals surface area contributed by atoms with Crippen LogP contribution in [0.2, 0.25) is 0 Å². The van der Waals surface area contributed by atoms with E-state index < -0.39 is 17.5 Å². The fourth-order valence-corrected chi connectivity index (χ4v) is 2.60. The lowest BCUT2D eigenvalue weighted by Crippen LogP contribution is -2.44. The highest BCUT2D eigenvalue weighted by molar-refractivity contribution is 5.95. The first-order valence-electron chi connectivity index (χ1n) is 7.26. The van der Waals surface area contributed by atoms with Crippen LogP contribution in [0.3, 0.4) is 0 Å². The lowest BCUT2D eigenvalue weighted by Gasteiger charge is -2.32. The molecule has 3 N–H and O–H groups in total. The van der Waals surface area contributed by atoms with Crippen molar-refractivity contribution in [1.82, 2.24) is 10.2 Å². The van der Waals surface area contributed by atoms with Crippen LogP contribution in [0.4, 0.5) is 14.5 Å². The number of carbonyl (C=O) groups excluding carboxylic acids is 1. The molecule has 1 atom stereocenters. The lowest BCUT2D eigenvalue weighted by atomic mass is 10.1. The summed E-state index contributed by atoms with van der Waals surface area (Å²) in [5, 5.41) is 2.65. The predicted molar refractivity (Wildman–Crippen MR) is 78.0 cm³/mol. The van der Waals surface area contributed by atoms with E-state index >= 15 is 0 Å². The van der Waals surface area contributed by atoms with Gasteiger partial charge in [-0.25, -0.2) is 8.78 Å². The van der Waals surface area contributed by atoms with E-state index in [9.17, 15) is 13.6 Å². The van der Waals surface area contributed by atoms with Gasteiger partial charge in [-0.05, 0) is 45.0 Å². The quantitative estimate of drug-likeness (QED) is 0.837. The molecule has 1 aromatic carbocycles. The number of nitrogens with one attached hydrogen (secondary N) is 1. The molecule has 1 aliphatic heterocycles. The van der Waals surface area contributed by atoms with Gasteiger partial charge >= 0.3 is 0 Å². The third kappa shape index (κ3) is 3.91. The zero-order valence-corrected chi connectivity index (χ0v) is 12.2. The fraction of sp³-hybridized carbons (Fsp3) is 0.533. The first-order chi connectivity index (χ1) is 9.99. The molecule has 2 rings (SSSR count). The summed E-state index contributed by atoms with van der Waals surface area (Å²) in [5.74, 6) is -2.23. The Morgan fingerprint density at radius 2 is 2.00 bits per heavy atom. The molecule has 0 bridgehead atoms. The second-order valence-electron chi connectivity index (χ2n) is 5.51. The molecule has 1 saturated heterocycles. The molecular weight excluding hydrogens is 276 g/mol. The zero-order chi connectivity index (χ0) is 15.4. The summed E-state index contributed by atoms with van der Waals surface area (Å²) >= 11 is 0. The van der Waals surface area contributed by atoms with Crippen LogP contribution in [0, 0.1) is 11.6 Å². The summed E-state index contributed by atoms with van der Waals surface area (Å²) in [4.78, 5) is 14.3. The van der Waals surface area contributed by atoms with Crippen molar-refractivity contribution >= 4 is 11.6 Å². The van der Waals surface area contributed by atoms with E-state index in [1.54, 1.807) is 0 Å². The average molecular weight is 297 g/mol. The zero-order valence-electron chi connectivity index (χ0n) is 12.2. The number of carbonyl (C=O) groups is 1. The fourth-order valence-electron chi connectivity index (χ4n) is 2.60. The van der Waals surface area contributed by atoms with Crippen LogP contribution in [0.5, 0.6) is 0 Å². The van der Waals surface area contributed by atoms with Gasteiger partial charge < -0.3 is 11.1 Å². The highest BCUT2D eigenvalue weighted by Crippen LogP contribution is 2.17. The average Bonchev–Trinajstić information content (AvgIpc) is 2.49. The van der Waals surface area contributed by atoms with Crippen LogP contribution in [-0.4, -0.2) is 36.5 Å². The number of halogens is 2. The first kappa shape index (κ1) is 15.7. The van der Waals surface area contributed by atoms with Crippen LogP contribution in [0.1, 0.15) is 36.5 Å². The highest BCUT2D eigenvalue weighted by Gasteiger charge is 2.19. The van der Waals surface area contributed by atoms with Crippen molar-refractivity contribution in [1.29, 1.82) is 0 Å². The van der Waals surface area contributed by atoms with E-state index in [-0.39, 0.29) is 17.3 Å². The van der Waals surface area contributed by atoms with Crippen LogP contribution in [0.15, 0.2) is 12.1 Å². The number of likely N-dealkylation sites (tertiary alicyclic amines) is 1. The molecule has 0 aromatic heterocycles. The molecule has 4 nitrogen and oxygen atoms in total. The minimum absolute atomic E-state index is 0.170. The van der Waals surface area contributed by atoms with Crippen molar-refractivity contribution in [2.24, 2.45) is 0 Å². The van der Waals surface area contributed by atoms with Crippen molar-refractivity contribution < 1.29 is 13.6 Å². The Bertz CT molecular complexity index is 516. The Kier molecular flexibility index (Phi) is 5.12. The van der Waals surface area contributed by atoms with Gasteiger partial charge in [0.1, 0.15) is 5.82 Å². The van der Waals surface area contributed by atoms with Crippen LogP contribution < -0.4 is 11.1 Å². The van der Waals surface area contributed by atoms with Gasteiger partial charge in [0.25, 0.3) is 5.91 Å². The second kappa shape index (κ2) is 6.85. The summed E-state index contributed by atoms with van der Waals surface area (Å²) in [6.45, 7) is 4.44. The number of hydrogen-bond acceptors (Lipinski definition) is 3. The standard InChI is InChI=1S/C15H21F2N3O/c1-10(20-5-3-2-4-6-20)9-19-15(21)12-7-11(16)8-13(18)14(12)17/h7-8,10H,2-6,9,18H2,1H3,(H,19,21). The number of piperidine rings is 1. The van der Waals surface area contributed by atoms with Gasteiger partial charge in [0.2, 0.25) is 0 Å². The molecule has 0 spiro atoms. The van der Waals surface area contributed by atoms with Gasteiger partial charge in [-0.2, -0.15) is 0 Å². The third-order valence-electron chi connectivity index (χ3n) is 3.88. The number of nitrogens with two attached hydrogens (primary N) is 1. The molecule has 1 fully saturated rings. The maximum Gasteiger partial charge on any atom is 0.254 e. The number of hydrogen-bond donors (Lipinski definition) is 2. The molecule has 1 aliphatic rings. The van der Waals surface area contributed by atoms with Gasteiger partial charge in [-0.3, -0.25) is 9.69 Å². The Balaban J connectivity index is 1.95. The number of rotatable bonds is 4. The van der Waals surface area contributed by atoms with Crippen molar-refractivity contribution in [2.45, 2.75) is 32.2 Å². The van der Waals surface area contributed by atoms with Gasteiger partial charge in [0.15, 0.2) is 5.82 Å². The second-order valence-corrected chi connectivity index (χ2v) is 5.51. The van der Waals surface area contributed by atoms with Gasteiger partial charge in [0, 0.05) is 12.6 Å². The molecule has 6 heteroatoms. The van der Waals surface area contributed by atoms with Gasteiger partial charge in [-0.15, -0.1) is 0 Å². The Morgan fingerprint density at radius 3 is 2.67 bits per heavy atom. The van der Waals surface area contributed by atoms with Crippen LogP contribution in [-0.2, 0) is 0 Å². The summed E-state index contributed by atoms with van der Waals surface area (Å²) < 4.78 is 27.0. The van der Waals surface area contributed by atoms with Gasteiger partial charge in [-0.1, -0.05) is 6.42 Å². The molecule has 1 aromatic rings. The molecule has 0 saturated carbocycles. The van der Waals surface area contributed by atoms with E-state index in [0.29, 0.717) is 6.54 Å². The third-order valence-corrected chi connectivity index (χ3v) is 3.88. The predicted octanol–water partition coefficient (Wildman–Crippen LogP) is 2.15. The number of nitrogen functional groups attached to an aromatic ring is 1. The minimum Gasteiger partial charge on any atom is -0.396 e. The largest absolute Gasteiger partial charge is 0.396 e. The molecule has 1 unspecified atom stereocenters. The van der Waals surface area contributed by atoms with E-state index in [0.717, 1.165) is 38.1 Å². The van der Waals surface area contributed by atoms with Crippen molar-refractivity contribution in [3.63, 3.8) is 0 Å². The van der Waals surface area contributed by atoms with Crippen molar-refractivity contribution in [2.75, 3.05) is 25.4 Å². The Morgan fingerprint density at radius 1 is 1.33 bits per heavy atom. The van der Waals surface area contributed by atoms with E-state index in [4.69, 9.17) is 5.73 Å². The van der Waals surface area contributed by atoms with E-state index in [1.165, 1.54) is 6.42 Å². The summed E-state index contributed by atoms with van der Waals surface area (Å²) in [7, 11) is 0. The Labute approximate surface area is 123 Å². The molecule has 1 amide bonds. The number of nitrogens with zero attached hydrogens (tertiary/aromatic N) is 1. The number of benzene rings is 1. The topological polar surface area (TPSA) is 58.4 Å². The number of anilines is 1. The summed E-state index contributed by atoms with van der Waals surface area (Å²) in [5.41, 5.74) is 4.62. The lowest BCUT2D eigenvalue weighted by molar-refractivity contribution is 0.0925. The first-order valence-corrected chi connectivity index (χ1v) is 7.26. The molecule has 0 radical (unpaired) electrons. The summed E-state index contributed by atoms with van der Waals surface area (Å²) in [6.07, 6.45) is 3.56. The maximum absolute atomic E-state index is 13.7. The number of amides is 1. The SMILES string of the molecule is CC(CNC(=O)c1cc(F)cc(N)c1F)N1CCCCC1. The van der Waals surface area contributed by atoms with E-state index in [2.05, 4.69) is 10.2 Å². The van der Waals surface area contributed by atoms with Crippen molar-refractivity contribution in [3.05, 3.63) is 29.3 Å². The molecule has 0 aliphatic carbocycles. The molecule has 21 heavy (non-hydrogen) atoms. The normalized spacial score (nSPS) is 17.5. The van der Waals surface area contributed by atoms with Gasteiger partial charge in [0.05, 0.1) is 11.3 Å². The maximum atomic E-state index is 13.7. The molecular formula is C15H21F2N3O. The molecule has 116 valence electrons. The minimum atomic E-state index is -0.875.